The first-order valence-corrected chi connectivity index (χ1v) is 6.14. The number of nitrogens with one attached hydrogen (secondary N) is 2. The SMILES string of the molecule is C/C(CC(C)C)=N\NC(=S)Nc1ccccc1. The van der Waals surface area contributed by atoms with Gasteiger partial charge in [-0.2, -0.15) is 5.10 Å². The molecule has 92 valence electrons. The van der Waals surface area contributed by atoms with Crippen LogP contribution < -0.4 is 10.7 Å². The van der Waals surface area contributed by atoms with Gasteiger partial charge in [0.25, 0.3) is 0 Å². The number of hydrogen-bond acceptors (Lipinski definition) is 2. The van der Waals surface area contributed by atoms with Gasteiger partial charge in [0.05, 0.1) is 0 Å². The minimum absolute atomic E-state index is 0.513. The van der Waals surface area contributed by atoms with E-state index in [9.17, 15) is 0 Å². The molecule has 1 aromatic carbocycles. The first-order chi connectivity index (χ1) is 8.08. The van der Waals surface area contributed by atoms with Crippen LogP contribution in [0.1, 0.15) is 27.2 Å². The molecule has 0 radical (unpaired) electrons. The summed E-state index contributed by atoms with van der Waals surface area (Å²) >= 11 is 5.14. The molecule has 0 aromatic heterocycles. The lowest BCUT2D eigenvalue weighted by atomic mass is 10.1. The van der Waals surface area contributed by atoms with Gasteiger partial charge in [0, 0.05) is 11.4 Å². The van der Waals surface area contributed by atoms with E-state index in [-0.39, 0.29) is 0 Å². The van der Waals surface area contributed by atoms with Gasteiger partial charge in [-0.3, -0.25) is 5.43 Å². The van der Waals surface area contributed by atoms with E-state index in [0.29, 0.717) is 11.0 Å². The van der Waals surface area contributed by atoms with Crippen molar-refractivity contribution in [2.75, 3.05) is 5.32 Å². The lowest BCUT2D eigenvalue weighted by Gasteiger charge is -2.08. The van der Waals surface area contributed by atoms with Crippen LogP contribution in [-0.4, -0.2) is 10.8 Å². The van der Waals surface area contributed by atoms with E-state index < -0.39 is 0 Å². The Labute approximate surface area is 108 Å². The Balaban J connectivity index is 2.40. The summed E-state index contributed by atoms with van der Waals surface area (Å²) in [6.07, 6.45) is 0.973. The second kappa shape index (κ2) is 7.01. The van der Waals surface area contributed by atoms with Crippen molar-refractivity contribution in [2.24, 2.45) is 11.0 Å². The van der Waals surface area contributed by atoms with E-state index in [4.69, 9.17) is 12.2 Å². The second-order valence-corrected chi connectivity index (χ2v) is 4.79. The smallest absolute Gasteiger partial charge is 0.191 e. The van der Waals surface area contributed by atoms with Gasteiger partial charge in [-0.15, -0.1) is 0 Å². The highest BCUT2D eigenvalue weighted by Gasteiger charge is 1.98. The zero-order chi connectivity index (χ0) is 12.7. The standard InChI is InChI=1S/C13H19N3S/c1-10(2)9-11(3)15-16-13(17)14-12-7-5-4-6-8-12/h4-8,10H,9H2,1-3H3,(H2,14,16,17)/b15-11+. The number of benzene rings is 1. The molecule has 0 aliphatic heterocycles. The Hall–Kier alpha value is -1.42. The molecule has 0 heterocycles. The molecule has 17 heavy (non-hydrogen) atoms. The van der Waals surface area contributed by atoms with Crippen molar-refractivity contribution in [3.8, 4) is 0 Å². The van der Waals surface area contributed by atoms with E-state index in [1.807, 2.05) is 37.3 Å². The molecule has 0 unspecified atom stereocenters. The van der Waals surface area contributed by atoms with Crippen molar-refractivity contribution in [1.82, 2.24) is 5.43 Å². The van der Waals surface area contributed by atoms with Crippen LogP contribution in [-0.2, 0) is 0 Å². The Bertz CT molecular complexity index is 385. The summed E-state index contributed by atoms with van der Waals surface area (Å²) in [6, 6.07) is 9.79. The number of para-hydroxylation sites is 1. The molecule has 1 aromatic rings. The van der Waals surface area contributed by atoms with Gasteiger partial charge in [0.2, 0.25) is 0 Å². The largest absolute Gasteiger partial charge is 0.331 e. The zero-order valence-electron chi connectivity index (χ0n) is 10.5. The summed E-state index contributed by atoms with van der Waals surface area (Å²) in [5.74, 6) is 0.608. The lowest BCUT2D eigenvalue weighted by Crippen LogP contribution is -2.24. The molecule has 0 atom stereocenters. The number of rotatable bonds is 4. The monoisotopic (exact) mass is 249 g/mol. The van der Waals surface area contributed by atoms with Crippen molar-refractivity contribution >= 4 is 28.7 Å². The molecule has 3 nitrogen and oxygen atoms in total. The summed E-state index contributed by atoms with van der Waals surface area (Å²) in [7, 11) is 0. The Morgan fingerprint density at radius 2 is 1.94 bits per heavy atom. The van der Waals surface area contributed by atoms with Crippen LogP contribution >= 0.6 is 12.2 Å². The maximum atomic E-state index is 5.14. The second-order valence-electron chi connectivity index (χ2n) is 4.38. The maximum Gasteiger partial charge on any atom is 0.191 e. The average Bonchev–Trinajstić information content (AvgIpc) is 2.27. The van der Waals surface area contributed by atoms with Crippen LogP contribution in [0.25, 0.3) is 0 Å². The maximum absolute atomic E-state index is 5.14. The third-order valence-electron chi connectivity index (χ3n) is 2.08. The van der Waals surface area contributed by atoms with Crippen LogP contribution in [0, 0.1) is 5.92 Å². The molecule has 0 fully saturated rings. The number of hydrazone groups is 1. The summed E-state index contributed by atoms with van der Waals surface area (Å²) < 4.78 is 0. The van der Waals surface area contributed by atoms with Crippen molar-refractivity contribution in [3.63, 3.8) is 0 Å². The van der Waals surface area contributed by atoms with Crippen LogP contribution in [0.3, 0.4) is 0 Å². The lowest BCUT2D eigenvalue weighted by molar-refractivity contribution is 0.679. The molecule has 0 spiro atoms. The van der Waals surface area contributed by atoms with Gasteiger partial charge < -0.3 is 5.32 Å². The summed E-state index contributed by atoms with van der Waals surface area (Å²) in [6.45, 7) is 6.33. The quantitative estimate of drug-likeness (QED) is 0.488. The van der Waals surface area contributed by atoms with E-state index in [1.165, 1.54) is 0 Å². The molecule has 0 aliphatic rings. The van der Waals surface area contributed by atoms with Gasteiger partial charge in [-0.05, 0) is 43.6 Å². The third-order valence-corrected chi connectivity index (χ3v) is 2.28. The summed E-state index contributed by atoms with van der Waals surface area (Å²) in [4.78, 5) is 0. The molecule has 0 saturated carbocycles. The molecular weight excluding hydrogens is 230 g/mol. The molecular formula is C13H19N3S. The van der Waals surface area contributed by atoms with Crippen molar-refractivity contribution < 1.29 is 0 Å². The fourth-order valence-electron chi connectivity index (χ4n) is 1.46. The number of nitrogens with zero attached hydrogens (tertiary/aromatic N) is 1. The number of thiocarbonyl (C=S) groups is 1. The fraction of sp³-hybridized carbons (Fsp3) is 0.385. The van der Waals surface area contributed by atoms with Gasteiger partial charge in [0.1, 0.15) is 0 Å². The highest BCUT2D eigenvalue weighted by Crippen LogP contribution is 2.04. The van der Waals surface area contributed by atoms with Gasteiger partial charge in [-0.25, -0.2) is 0 Å². The topological polar surface area (TPSA) is 36.4 Å². The van der Waals surface area contributed by atoms with Crippen LogP contribution in [0.15, 0.2) is 35.4 Å². The van der Waals surface area contributed by atoms with Gasteiger partial charge in [-0.1, -0.05) is 32.0 Å². The first-order valence-electron chi connectivity index (χ1n) is 5.73. The summed E-state index contributed by atoms with van der Waals surface area (Å²) in [5.41, 5.74) is 4.86. The molecule has 0 saturated heterocycles. The predicted octanol–water partition coefficient (Wildman–Crippen LogP) is 3.40. The minimum atomic E-state index is 0.513. The van der Waals surface area contributed by atoms with Crippen LogP contribution in [0.4, 0.5) is 5.69 Å². The van der Waals surface area contributed by atoms with Crippen LogP contribution in [0.2, 0.25) is 0 Å². The van der Waals surface area contributed by atoms with Crippen molar-refractivity contribution in [2.45, 2.75) is 27.2 Å². The Morgan fingerprint density at radius 1 is 1.29 bits per heavy atom. The zero-order valence-corrected chi connectivity index (χ0v) is 11.3. The van der Waals surface area contributed by atoms with Crippen molar-refractivity contribution in [3.05, 3.63) is 30.3 Å². The summed E-state index contributed by atoms with van der Waals surface area (Å²) in [5, 5.41) is 7.80. The Kier molecular flexibility index (Phi) is 5.63. The average molecular weight is 249 g/mol. The minimum Gasteiger partial charge on any atom is -0.331 e. The van der Waals surface area contributed by atoms with Gasteiger partial charge >= 0.3 is 0 Å². The number of anilines is 1. The molecule has 4 heteroatoms. The molecule has 1 rings (SSSR count). The first kappa shape index (κ1) is 13.6. The Morgan fingerprint density at radius 3 is 2.53 bits per heavy atom. The van der Waals surface area contributed by atoms with E-state index in [2.05, 4.69) is 29.7 Å². The predicted molar refractivity (Wildman–Crippen MR) is 78.4 cm³/mol. The van der Waals surface area contributed by atoms with E-state index >= 15 is 0 Å². The van der Waals surface area contributed by atoms with Crippen molar-refractivity contribution in [1.29, 1.82) is 0 Å². The highest BCUT2D eigenvalue weighted by atomic mass is 32.1. The molecule has 0 aliphatic carbocycles. The van der Waals surface area contributed by atoms with E-state index in [1.54, 1.807) is 0 Å². The fourth-order valence-corrected chi connectivity index (χ4v) is 1.63. The van der Waals surface area contributed by atoms with E-state index in [0.717, 1.165) is 17.8 Å². The highest BCUT2D eigenvalue weighted by molar-refractivity contribution is 7.80. The molecule has 0 bridgehead atoms. The van der Waals surface area contributed by atoms with Crippen LogP contribution in [0.5, 0.6) is 0 Å². The molecule has 0 amide bonds. The third kappa shape index (κ3) is 6.02. The number of hydrogen-bond donors (Lipinski definition) is 2. The normalized spacial score (nSPS) is 11.4. The molecule has 2 N–H and O–H groups in total. The van der Waals surface area contributed by atoms with Gasteiger partial charge in [0.15, 0.2) is 5.11 Å².